The van der Waals surface area contributed by atoms with E-state index in [0.29, 0.717) is 18.4 Å². The number of hydrogen-bond acceptors (Lipinski definition) is 4. The van der Waals surface area contributed by atoms with Crippen LogP contribution in [0.4, 0.5) is 0 Å². The molecule has 3 heterocycles. The SMILES string of the molecule is COCCN1CC[C@@H]2CN(Cc3cnn(C)c3)C[C@H]2C1=O. The summed E-state index contributed by atoms with van der Waals surface area (Å²) in [4.78, 5) is 16.9. The summed E-state index contributed by atoms with van der Waals surface area (Å²) in [6.07, 6.45) is 5.08. The lowest BCUT2D eigenvalue weighted by molar-refractivity contribution is -0.140. The molecule has 1 amide bonds. The summed E-state index contributed by atoms with van der Waals surface area (Å²) >= 11 is 0. The van der Waals surface area contributed by atoms with E-state index in [1.165, 1.54) is 5.56 Å². The molecular formula is C15H24N4O2. The van der Waals surface area contributed by atoms with E-state index in [0.717, 1.165) is 39.1 Å². The third-order valence-corrected chi connectivity index (χ3v) is 4.65. The van der Waals surface area contributed by atoms with Gasteiger partial charge in [0.1, 0.15) is 0 Å². The third kappa shape index (κ3) is 3.11. The van der Waals surface area contributed by atoms with Crippen LogP contribution in [0.3, 0.4) is 0 Å². The number of hydrogen-bond donors (Lipinski definition) is 0. The zero-order valence-corrected chi connectivity index (χ0v) is 12.9. The van der Waals surface area contributed by atoms with E-state index in [1.54, 1.807) is 7.11 Å². The number of likely N-dealkylation sites (tertiary alicyclic amines) is 2. The van der Waals surface area contributed by atoms with Crippen LogP contribution in [0.25, 0.3) is 0 Å². The Morgan fingerprint density at radius 1 is 1.43 bits per heavy atom. The molecule has 6 nitrogen and oxygen atoms in total. The Morgan fingerprint density at radius 3 is 3.00 bits per heavy atom. The van der Waals surface area contributed by atoms with Gasteiger partial charge in [-0.2, -0.15) is 5.10 Å². The molecule has 0 spiro atoms. The van der Waals surface area contributed by atoms with Crippen molar-refractivity contribution in [1.29, 1.82) is 0 Å². The summed E-state index contributed by atoms with van der Waals surface area (Å²) in [6, 6.07) is 0. The van der Waals surface area contributed by atoms with Crippen LogP contribution in [0.15, 0.2) is 12.4 Å². The van der Waals surface area contributed by atoms with E-state index in [-0.39, 0.29) is 5.92 Å². The van der Waals surface area contributed by atoms with Crippen molar-refractivity contribution in [2.75, 3.05) is 39.9 Å². The fourth-order valence-corrected chi connectivity index (χ4v) is 3.56. The summed E-state index contributed by atoms with van der Waals surface area (Å²) < 4.78 is 6.92. The zero-order valence-electron chi connectivity index (χ0n) is 12.9. The Balaban J connectivity index is 1.58. The summed E-state index contributed by atoms with van der Waals surface area (Å²) in [5.74, 6) is 1.01. The number of fused-ring (bicyclic) bond motifs is 1. The molecule has 0 saturated carbocycles. The minimum absolute atomic E-state index is 0.173. The molecule has 6 heteroatoms. The number of amides is 1. The van der Waals surface area contributed by atoms with Crippen molar-refractivity contribution < 1.29 is 9.53 Å². The fraction of sp³-hybridized carbons (Fsp3) is 0.733. The molecule has 2 saturated heterocycles. The number of piperidine rings is 1. The van der Waals surface area contributed by atoms with Crippen molar-refractivity contribution >= 4 is 5.91 Å². The zero-order chi connectivity index (χ0) is 14.8. The predicted octanol–water partition coefficient (Wildman–Crippen LogP) is 0.347. The average Bonchev–Trinajstić information content (AvgIpc) is 3.05. The molecule has 2 fully saturated rings. The summed E-state index contributed by atoms with van der Waals surface area (Å²) in [5.41, 5.74) is 1.22. The van der Waals surface area contributed by atoms with Crippen LogP contribution >= 0.6 is 0 Å². The molecule has 116 valence electrons. The van der Waals surface area contributed by atoms with Crippen LogP contribution in [0.1, 0.15) is 12.0 Å². The second kappa shape index (κ2) is 6.15. The van der Waals surface area contributed by atoms with Crippen LogP contribution in [-0.4, -0.2) is 65.4 Å². The molecule has 0 N–H and O–H groups in total. The quantitative estimate of drug-likeness (QED) is 0.786. The lowest BCUT2D eigenvalue weighted by Crippen LogP contribution is -2.46. The van der Waals surface area contributed by atoms with Gasteiger partial charge in [0.15, 0.2) is 0 Å². The van der Waals surface area contributed by atoms with Gasteiger partial charge in [-0.05, 0) is 12.3 Å². The number of aryl methyl sites for hydroxylation is 1. The number of nitrogens with zero attached hydrogens (tertiary/aromatic N) is 4. The first kappa shape index (κ1) is 14.5. The number of carbonyl (C=O) groups excluding carboxylic acids is 1. The van der Waals surface area contributed by atoms with Crippen LogP contribution in [0.5, 0.6) is 0 Å². The lowest BCUT2D eigenvalue weighted by Gasteiger charge is -2.33. The van der Waals surface area contributed by atoms with Gasteiger partial charge in [-0.3, -0.25) is 14.4 Å². The maximum Gasteiger partial charge on any atom is 0.227 e. The maximum absolute atomic E-state index is 12.5. The smallest absolute Gasteiger partial charge is 0.227 e. The van der Waals surface area contributed by atoms with Crippen molar-refractivity contribution in [3.63, 3.8) is 0 Å². The molecule has 0 unspecified atom stereocenters. The van der Waals surface area contributed by atoms with Gasteiger partial charge in [-0.1, -0.05) is 0 Å². The van der Waals surface area contributed by atoms with E-state index in [2.05, 4.69) is 16.2 Å². The maximum atomic E-state index is 12.5. The lowest BCUT2D eigenvalue weighted by atomic mass is 9.88. The van der Waals surface area contributed by atoms with Gasteiger partial charge in [0.05, 0.1) is 18.7 Å². The second-order valence-electron chi connectivity index (χ2n) is 6.19. The van der Waals surface area contributed by atoms with Gasteiger partial charge in [0.25, 0.3) is 0 Å². The molecule has 21 heavy (non-hydrogen) atoms. The molecule has 0 radical (unpaired) electrons. The third-order valence-electron chi connectivity index (χ3n) is 4.65. The van der Waals surface area contributed by atoms with Crippen molar-refractivity contribution in [1.82, 2.24) is 19.6 Å². The van der Waals surface area contributed by atoms with Gasteiger partial charge in [0, 0.05) is 58.6 Å². The first-order chi connectivity index (χ1) is 10.2. The first-order valence-corrected chi connectivity index (χ1v) is 7.65. The molecular weight excluding hydrogens is 268 g/mol. The van der Waals surface area contributed by atoms with Crippen molar-refractivity contribution in [3.8, 4) is 0 Å². The van der Waals surface area contributed by atoms with E-state index < -0.39 is 0 Å². The highest BCUT2D eigenvalue weighted by Gasteiger charge is 2.42. The Bertz CT molecular complexity index is 502. The van der Waals surface area contributed by atoms with E-state index in [4.69, 9.17) is 4.74 Å². The molecule has 2 atom stereocenters. The van der Waals surface area contributed by atoms with Gasteiger partial charge >= 0.3 is 0 Å². The van der Waals surface area contributed by atoms with E-state index >= 15 is 0 Å². The van der Waals surface area contributed by atoms with Crippen molar-refractivity contribution in [2.24, 2.45) is 18.9 Å². The normalized spacial score (nSPS) is 26.4. The first-order valence-electron chi connectivity index (χ1n) is 7.65. The van der Waals surface area contributed by atoms with Crippen LogP contribution in [0.2, 0.25) is 0 Å². The summed E-state index contributed by atoms with van der Waals surface area (Å²) in [6.45, 7) is 5.03. The number of methoxy groups -OCH3 is 1. The topological polar surface area (TPSA) is 50.6 Å². The molecule has 0 bridgehead atoms. The molecule has 2 aliphatic heterocycles. The van der Waals surface area contributed by atoms with E-state index in [1.807, 2.05) is 22.8 Å². The molecule has 0 aliphatic carbocycles. The standard InChI is InChI=1S/C15H24N4O2/c1-17-8-12(7-16-17)9-18-10-13-3-4-19(5-6-21-2)15(20)14(13)11-18/h7-8,13-14H,3-6,9-11H2,1-2H3/t13-,14-/m1/s1. The van der Waals surface area contributed by atoms with E-state index in [9.17, 15) is 4.79 Å². The average molecular weight is 292 g/mol. The number of ether oxygens (including phenoxy) is 1. The molecule has 0 aromatic carbocycles. The Hall–Kier alpha value is -1.40. The Kier molecular flexibility index (Phi) is 4.26. The monoisotopic (exact) mass is 292 g/mol. The predicted molar refractivity (Wildman–Crippen MR) is 78.5 cm³/mol. The fourth-order valence-electron chi connectivity index (χ4n) is 3.56. The van der Waals surface area contributed by atoms with Crippen LogP contribution < -0.4 is 0 Å². The van der Waals surface area contributed by atoms with Crippen molar-refractivity contribution in [2.45, 2.75) is 13.0 Å². The Labute approximate surface area is 125 Å². The minimum Gasteiger partial charge on any atom is -0.383 e. The largest absolute Gasteiger partial charge is 0.383 e. The number of carbonyl (C=O) groups is 1. The summed E-state index contributed by atoms with van der Waals surface area (Å²) in [5, 5.41) is 4.21. The van der Waals surface area contributed by atoms with Gasteiger partial charge in [-0.15, -0.1) is 0 Å². The van der Waals surface area contributed by atoms with Gasteiger partial charge in [0.2, 0.25) is 5.91 Å². The van der Waals surface area contributed by atoms with Gasteiger partial charge in [-0.25, -0.2) is 0 Å². The Morgan fingerprint density at radius 2 is 2.29 bits per heavy atom. The highest BCUT2D eigenvalue weighted by molar-refractivity contribution is 5.80. The molecule has 2 aliphatic rings. The van der Waals surface area contributed by atoms with Crippen LogP contribution in [-0.2, 0) is 23.1 Å². The molecule has 1 aromatic rings. The highest BCUT2D eigenvalue weighted by Crippen LogP contribution is 2.32. The molecule has 1 aromatic heterocycles. The highest BCUT2D eigenvalue weighted by atomic mass is 16.5. The number of rotatable bonds is 5. The number of aromatic nitrogens is 2. The molecule has 3 rings (SSSR count). The van der Waals surface area contributed by atoms with Crippen molar-refractivity contribution in [3.05, 3.63) is 18.0 Å². The summed E-state index contributed by atoms with van der Waals surface area (Å²) in [7, 11) is 3.62. The van der Waals surface area contributed by atoms with Gasteiger partial charge < -0.3 is 9.64 Å². The van der Waals surface area contributed by atoms with Crippen LogP contribution in [0, 0.1) is 11.8 Å². The second-order valence-corrected chi connectivity index (χ2v) is 6.19. The minimum atomic E-state index is 0.173.